The van der Waals surface area contributed by atoms with Gasteiger partial charge in [0.05, 0.1) is 18.2 Å². The second kappa shape index (κ2) is 8.34. The molecule has 0 radical (unpaired) electrons. The van der Waals surface area contributed by atoms with Crippen molar-refractivity contribution in [3.63, 3.8) is 0 Å². The summed E-state index contributed by atoms with van der Waals surface area (Å²) in [7, 11) is 1.65. The minimum absolute atomic E-state index is 0.0868. The number of fused-ring (bicyclic) bond motifs is 1. The predicted molar refractivity (Wildman–Crippen MR) is 105 cm³/mol. The summed E-state index contributed by atoms with van der Waals surface area (Å²) < 4.78 is 5.16. The Bertz CT molecular complexity index is 891. The first-order valence-corrected chi connectivity index (χ1v) is 8.76. The number of aromatic nitrogens is 1. The van der Waals surface area contributed by atoms with Gasteiger partial charge in [-0.3, -0.25) is 4.79 Å². The molecule has 0 fully saturated rings. The first kappa shape index (κ1) is 17.7. The lowest BCUT2D eigenvalue weighted by Crippen LogP contribution is -2.26. The molecular formula is C21H23N3O2. The largest absolute Gasteiger partial charge is 0.497 e. The standard InChI is InChI=1S/C21H23N3O2/c1-3-22-20-14-18(17-6-4-5-7-19(17)24-20)21(25)23-13-12-15-8-10-16(26-2)11-9-15/h4-11,14H,3,12-13H2,1-2H3,(H,22,24)(H,23,25). The van der Waals surface area contributed by atoms with Crippen molar-refractivity contribution >= 4 is 22.6 Å². The number of anilines is 1. The number of amides is 1. The number of hydrogen-bond acceptors (Lipinski definition) is 4. The van der Waals surface area contributed by atoms with Crippen LogP contribution in [0, 0.1) is 0 Å². The first-order chi connectivity index (χ1) is 12.7. The molecule has 3 rings (SSSR count). The van der Waals surface area contributed by atoms with Crippen LogP contribution in [0.1, 0.15) is 22.8 Å². The number of rotatable bonds is 7. The summed E-state index contributed by atoms with van der Waals surface area (Å²) in [4.78, 5) is 17.3. The van der Waals surface area contributed by atoms with E-state index in [2.05, 4.69) is 15.6 Å². The first-order valence-electron chi connectivity index (χ1n) is 8.76. The molecule has 1 heterocycles. The van der Waals surface area contributed by atoms with Crippen LogP contribution >= 0.6 is 0 Å². The molecule has 0 saturated heterocycles. The third-order valence-electron chi connectivity index (χ3n) is 4.18. The Hall–Kier alpha value is -3.08. The summed E-state index contributed by atoms with van der Waals surface area (Å²) in [5, 5.41) is 7.05. The van der Waals surface area contributed by atoms with E-state index in [1.165, 1.54) is 0 Å². The van der Waals surface area contributed by atoms with Crippen LogP contribution in [0.2, 0.25) is 0 Å². The highest BCUT2D eigenvalue weighted by Crippen LogP contribution is 2.21. The van der Waals surface area contributed by atoms with E-state index in [0.717, 1.165) is 35.2 Å². The third kappa shape index (κ3) is 4.11. The number of nitrogens with zero attached hydrogens (tertiary/aromatic N) is 1. The van der Waals surface area contributed by atoms with E-state index in [1.807, 2.05) is 61.5 Å². The van der Waals surface area contributed by atoms with Crippen LogP contribution in [-0.2, 0) is 6.42 Å². The average Bonchev–Trinajstić information content (AvgIpc) is 2.68. The Labute approximate surface area is 153 Å². The van der Waals surface area contributed by atoms with Gasteiger partial charge in [0.2, 0.25) is 0 Å². The number of nitrogens with one attached hydrogen (secondary N) is 2. The zero-order valence-corrected chi connectivity index (χ0v) is 15.1. The highest BCUT2D eigenvalue weighted by Gasteiger charge is 2.12. The molecule has 1 aromatic heterocycles. The molecule has 0 unspecified atom stereocenters. The Morgan fingerprint density at radius 3 is 2.62 bits per heavy atom. The molecule has 0 aliphatic rings. The predicted octanol–water partition coefficient (Wildman–Crippen LogP) is 3.65. The van der Waals surface area contributed by atoms with E-state index >= 15 is 0 Å². The average molecular weight is 349 g/mol. The van der Waals surface area contributed by atoms with E-state index in [-0.39, 0.29) is 5.91 Å². The molecule has 0 spiro atoms. The number of pyridine rings is 1. The molecule has 0 bridgehead atoms. The van der Waals surface area contributed by atoms with Crippen LogP contribution in [0.4, 0.5) is 5.82 Å². The van der Waals surface area contributed by atoms with Gasteiger partial charge in [0.1, 0.15) is 11.6 Å². The van der Waals surface area contributed by atoms with Crippen molar-refractivity contribution < 1.29 is 9.53 Å². The Balaban J connectivity index is 1.72. The van der Waals surface area contributed by atoms with Crippen LogP contribution in [0.15, 0.2) is 54.6 Å². The van der Waals surface area contributed by atoms with Crippen LogP contribution in [0.3, 0.4) is 0 Å². The Morgan fingerprint density at radius 2 is 1.88 bits per heavy atom. The van der Waals surface area contributed by atoms with Crippen molar-refractivity contribution in [3.8, 4) is 5.75 Å². The summed E-state index contributed by atoms with van der Waals surface area (Å²) in [5.41, 5.74) is 2.60. The van der Waals surface area contributed by atoms with Gasteiger partial charge in [-0.05, 0) is 43.2 Å². The van der Waals surface area contributed by atoms with Crippen molar-refractivity contribution in [2.45, 2.75) is 13.3 Å². The molecule has 134 valence electrons. The van der Waals surface area contributed by atoms with Gasteiger partial charge < -0.3 is 15.4 Å². The molecule has 2 aromatic carbocycles. The molecule has 0 atom stereocenters. The quantitative estimate of drug-likeness (QED) is 0.683. The van der Waals surface area contributed by atoms with Crippen molar-refractivity contribution in [2.24, 2.45) is 0 Å². The van der Waals surface area contributed by atoms with Crippen molar-refractivity contribution in [2.75, 3.05) is 25.5 Å². The number of methoxy groups -OCH3 is 1. The zero-order chi connectivity index (χ0) is 18.4. The van der Waals surface area contributed by atoms with E-state index in [1.54, 1.807) is 7.11 Å². The minimum atomic E-state index is -0.0868. The Morgan fingerprint density at radius 1 is 1.12 bits per heavy atom. The fourth-order valence-electron chi connectivity index (χ4n) is 2.84. The van der Waals surface area contributed by atoms with Gasteiger partial charge in [0.25, 0.3) is 5.91 Å². The maximum Gasteiger partial charge on any atom is 0.252 e. The summed E-state index contributed by atoms with van der Waals surface area (Å²) in [6.45, 7) is 3.33. The highest BCUT2D eigenvalue weighted by molar-refractivity contribution is 6.06. The summed E-state index contributed by atoms with van der Waals surface area (Å²) in [5.74, 6) is 1.46. The normalized spacial score (nSPS) is 10.5. The maximum atomic E-state index is 12.7. The van der Waals surface area contributed by atoms with E-state index < -0.39 is 0 Å². The molecule has 1 amide bonds. The number of para-hydroxylation sites is 1. The second-order valence-electron chi connectivity index (χ2n) is 5.96. The van der Waals surface area contributed by atoms with Gasteiger partial charge in [0, 0.05) is 18.5 Å². The number of carbonyl (C=O) groups is 1. The third-order valence-corrected chi connectivity index (χ3v) is 4.18. The molecule has 0 aliphatic heterocycles. The minimum Gasteiger partial charge on any atom is -0.497 e. The van der Waals surface area contributed by atoms with Gasteiger partial charge in [-0.2, -0.15) is 0 Å². The second-order valence-corrected chi connectivity index (χ2v) is 5.96. The maximum absolute atomic E-state index is 12.7. The molecular weight excluding hydrogens is 326 g/mol. The number of carbonyl (C=O) groups excluding carboxylic acids is 1. The van der Waals surface area contributed by atoms with E-state index in [0.29, 0.717) is 17.9 Å². The molecule has 3 aromatic rings. The van der Waals surface area contributed by atoms with Crippen LogP contribution < -0.4 is 15.4 Å². The monoisotopic (exact) mass is 349 g/mol. The topological polar surface area (TPSA) is 63.2 Å². The summed E-state index contributed by atoms with van der Waals surface area (Å²) in [6.07, 6.45) is 0.763. The molecule has 0 aliphatic carbocycles. The number of ether oxygens (including phenoxy) is 1. The number of benzene rings is 2. The fourth-order valence-corrected chi connectivity index (χ4v) is 2.84. The summed E-state index contributed by atoms with van der Waals surface area (Å²) in [6, 6.07) is 17.4. The molecule has 26 heavy (non-hydrogen) atoms. The Kier molecular flexibility index (Phi) is 5.69. The van der Waals surface area contributed by atoms with Crippen LogP contribution in [-0.4, -0.2) is 31.1 Å². The van der Waals surface area contributed by atoms with Gasteiger partial charge >= 0.3 is 0 Å². The van der Waals surface area contributed by atoms with Gasteiger partial charge in [0.15, 0.2) is 0 Å². The fraction of sp³-hybridized carbons (Fsp3) is 0.238. The van der Waals surface area contributed by atoms with Crippen LogP contribution in [0.25, 0.3) is 10.9 Å². The molecule has 5 nitrogen and oxygen atoms in total. The van der Waals surface area contributed by atoms with Gasteiger partial charge in [-0.1, -0.05) is 30.3 Å². The molecule has 5 heteroatoms. The van der Waals surface area contributed by atoms with Crippen molar-refractivity contribution in [1.82, 2.24) is 10.3 Å². The zero-order valence-electron chi connectivity index (χ0n) is 15.1. The molecule has 0 saturated carbocycles. The lowest BCUT2D eigenvalue weighted by molar-refractivity contribution is 0.0955. The van der Waals surface area contributed by atoms with Crippen LogP contribution in [0.5, 0.6) is 5.75 Å². The lowest BCUT2D eigenvalue weighted by atomic mass is 10.1. The highest BCUT2D eigenvalue weighted by atomic mass is 16.5. The van der Waals surface area contributed by atoms with E-state index in [4.69, 9.17) is 4.74 Å². The van der Waals surface area contributed by atoms with Crippen molar-refractivity contribution in [3.05, 3.63) is 65.7 Å². The van der Waals surface area contributed by atoms with Crippen molar-refractivity contribution in [1.29, 1.82) is 0 Å². The van der Waals surface area contributed by atoms with Gasteiger partial charge in [-0.15, -0.1) is 0 Å². The van der Waals surface area contributed by atoms with E-state index in [9.17, 15) is 4.79 Å². The lowest BCUT2D eigenvalue weighted by Gasteiger charge is -2.11. The smallest absolute Gasteiger partial charge is 0.252 e. The number of hydrogen-bond donors (Lipinski definition) is 2. The SMILES string of the molecule is CCNc1cc(C(=O)NCCc2ccc(OC)cc2)c2ccccc2n1. The molecule has 2 N–H and O–H groups in total. The summed E-state index contributed by atoms with van der Waals surface area (Å²) >= 11 is 0. The van der Waals surface area contributed by atoms with Gasteiger partial charge in [-0.25, -0.2) is 4.98 Å².